The topological polar surface area (TPSA) is 72.2 Å². The van der Waals surface area contributed by atoms with Crippen molar-refractivity contribution in [3.05, 3.63) is 90.1 Å². The summed E-state index contributed by atoms with van der Waals surface area (Å²) in [6.45, 7) is 0. The molecular formula is C21H15ClN2O3S. The third-order valence-corrected chi connectivity index (χ3v) is 5.66. The summed E-state index contributed by atoms with van der Waals surface area (Å²) >= 11 is 5.90. The highest BCUT2D eigenvalue weighted by Gasteiger charge is 2.15. The molecule has 1 N–H and O–H groups in total. The van der Waals surface area contributed by atoms with E-state index in [2.05, 4.69) is 9.71 Å². The van der Waals surface area contributed by atoms with Gasteiger partial charge in [0.2, 0.25) is 5.89 Å². The molecule has 1 heterocycles. The molecule has 4 rings (SSSR count). The van der Waals surface area contributed by atoms with Crippen molar-refractivity contribution in [2.45, 2.75) is 4.90 Å². The van der Waals surface area contributed by atoms with Gasteiger partial charge in [-0.2, -0.15) is 0 Å². The number of anilines is 1. The van der Waals surface area contributed by atoms with Crippen LogP contribution >= 0.6 is 11.6 Å². The average Bonchev–Trinajstić information content (AvgIpc) is 3.19. The normalized spacial score (nSPS) is 11.3. The maximum Gasteiger partial charge on any atom is 0.261 e. The fourth-order valence-electron chi connectivity index (χ4n) is 2.71. The van der Waals surface area contributed by atoms with E-state index in [1.54, 1.807) is 42.7 Å². The summed E-state index contributed by atoms with van der Waals surface area (Å²) in [7, 11) is -3.76. The van der Waals surface area contributed by atoms with Gasteiger partial charge in [-0.05, 0) is 36.4 Å². The number of sulfonamides is 1. The maximum absolute atomic E-state index is 12.6. The molecule has 7 heteroatoms. The van der Waals surface area contributed by atoms with Crippen molar-refractivity contribution < 1.29 is 12.8 Å². The molecule has 0 amide bonds. The van der Waals surface area contributed by atoms with Gasteiger partial charge in [0.15, 0.2) is 0 Å². The molecule has 0 bridgehead atoms. The first kappa shape index (κ1) is 18.3. The fourth-order valence-corrected chi connectivity index (χ4v) is 4.06. The molecule has 4 aromatic rings. The molecule has 0 radical (unpaired) electrons. The van der Waals surface area contributed by atoms with E-state index < -0.39 is 10.0 Å². The second-order valence-corrected chi connectivity index (χ2v) is 8.17. The van der Waals surface area contributed by atoms with Crippen LogP contribution in [0.25, 0.3) is 22.7 Å². The molecule has 0 saturated heterocycles. The number of oxazole rings is 1. The maximum atomic E-state index is 12.6. The van der Waals surface area contributed by atoms with Gasteiger partial charge in [-0.15, -0.1) is 0 Å². The number of halogens is 1. The lowest BCUT2D eigenvalue weighted by Gasteiger charge is -2.09. The summed E-state index contributed by atoms with van der Waals surface area (Å²) < 4.78 is 33.3. The van der Waals surface area contributed by atoms with Crippen LogP contribution in [0.5, 0.6) is 0 Å². The zero-order chi connectivity index (χ0) is 19.6. The van der Waals surface area contributed by atoms with Crippen LogP contribution in [0.2, 0.25) is 5.02 Å². The molecule has 0 unspecified atom stereocenters. The summed E-state index contributed by atoms with van der Waals surface area (Å²) in [5.41, 5.74) is 2.71. The van der Waals surface area contributed by atoms with Crippen molar-refractivity contribution in [1.29, 1.82) is 0 Å². The van der Waals surface area contributed by atoms with Crippen LogP contribution in [-0.4, -0.2) is 13.4 Å². The number of hydrogen-bond acceptors (Lipinski definition) is 4. The Balaban J connectivity index is 1.61. The first-order chi connectivity index (χ1) is 13.5. The summed E-state index contributed by atoms with van der Waals surface area (Å²) in [4.78, 5) is 4.59. The van der Waals surface area contributed by atoms with Crippen molar-refractivity contribution in [3.63, 3.8) is 0 Å². The van der Waals surface area contributed by atoms with Crippen LogP contribution < -0.4 is 4.72 Å². The molecule has 0 aliphatic heterocycles. The van der Waals surface area contributed by atoms with Gasteiger partial charge in [0, 0.05) is 21.8 Å². The molecule has 0 spiro atoms. The van der Waals surface area contributed by atoms with Crippen molar-refractivity contribution in [2.75, 3.05) is 4.72 Å². The largest absolute Gasteiger partial charge is 0.444 e. The second-order valence-electron chi connectivity index (χ2n) is 6.05. The molecule has 0 saturated carbocycles. The van der Waals surface area contributed by atoms with Gasteiger partial charge in [-0.3, -0.25) is 4.72 Å². The number of hydrogen-bond donors (Lipinski definition) is 1. The lowest BCUT2D eigenvalue weighted by atomic mass is 10.2. The van der Waals surface area contributed by atoms with E-state index in [0.717, 1.165) is 5.56 Å². The summed E-state index contributed by atoms with van der Waals surface area (Å²) in [6.07, 6.45) is 1.58. The van der Waals surface area contributed by atoms with Crippen molar-refractivity contribution in [1.82, 2.24) is 4.98 Å². The van der Waals surface area contributed by atoms with Crippen LogP contribution in [0.15, 0.2) is 94.4 Å². The number of benzene rings is 3. The van der Waals surface area contributed by atoms with Gasteiger partial charge in [0.25, 0.3) is 10.0 Å². The van der Waals surface area contributed by atoms with Crippen LogP contribution in [0, 0.1) is 0 Å². The molecular weight excluding hydrogens is 396 g/mol. The SMILES string of the molecule is O=S(=O)(Nc1cccc(-c2nc(-c3ccccc3)co2)c1)c1cccc(Cl)c1. The molecule has 0 atom stereocenters. The zero-order valence-electron chi connectivity index (χ0n) is 14.5. The molecule has 5 nitrogen and oxygen atoms in total. The van der Waals surface area contributed by atoms with Gasteiger partial charge in [0.1, 0.15) is 12.0 Å². The van der Waals surface area contributed by atoms with Crippen LogP contribution in [0.1, 0.15) is 0 Å². The molecule has 3 aromatic carbocycles. The zero-order valence-corrected chi connectivity index (χ0v) is 16.1. The quantitative estimate of drug-likeness (QED) is 0.474. The highest BCUT2D eigenvalue weighted by molar-refractivity contribution is 7.92. The number of nitrogens with zero attached hydrogens (tertiary/aromatic N) is 1. The minimum absolute atomic E-state index is 0.0906. The summed E-state index contributed by atoms with van der Waals surface area (Å²) in [6, 6.07) is 22.6. The first-order valence-corrected chi connectivity index (χ1v) is 10.3. The predicted molar refractivity (Wildman–Crippen MR) is 110 cm³/mol. The van der Waals surface area contributed by atoms with E-state index in [1.807, 2.05) is 30.3 Å². The first-order valence-electron chi connectivity index (χ1n) is 8.41. The van der Waals surface area contributed by atoms with Crippen molar-refractivity contribution in [3.8, 4) is 22.7 Å². The number of nitrogens with one attached hydrogen (secondary N) is 1. The number of aromatic nitrogens is 1. The Hall–Kier alpha value is -3.09. The average molecular weight is 411 g/mol. The standard InChI is InChI=1S/C21H15ClN2O3S/c22-17-9-5-11-19(13-17)28(25,26)24-18-10-4-8-16(12-18)21-23-20(14-27-21)15-6-2-1-3-7-15/h1-14,24H. The molecule has 0 fully saturated rings. The molecule has 0 aliphatic carbocycles. The third kappa shape index (κ3) is 3.93. The summed E-state index contributed by atoms with van der Waals surface area (Å²) in [5.74, 6) is 0.405. The Morgan fingerprint density at radius 1 is 0.857 bits per heavy atom. The fraction of sp³-hybridized carbons (Fsp3) is 0. The highest BCUT2D eigenvalue weighted by Crippen LogP contribution is 2.27. The van der Waals surface area contributed by atoms with Gasteiger partial charge in [-0.1, -0.05) is 54.1 Å². The third-order valence-electron chi connectivity index (χ3n) is 4.04. The Bertz CT molecular complexity index is 1220. The Labute approximate surface area is 167 Å². The van der Waals surface area contributed by atoms with Crippen LogP contribution in [0.3, 0.4) is 0 Å². The van der Waals surface area contributed by atoms with E-state index in [1.165, 1.54) is 12.1 Å². The lowest BCUT2D eigenvalue weighted by Crippen LogP contribution is -2.12. The van der Waals surface area contributed by atoms with E-state index in [0.29, 0.717) is 27.9 Å². The Morgan fingerprint density at radius 2 is 1.61 bits per heavy atom. The van der Waals surface area contributed by atoms with Gasteiger partial charge in [0.05, 0.1) is 4.90 Å². The van der Waals surface area contributed by atoms with Crippen LogP contribution in [-0.2, 0) is 10.0 Å². The van der Waals surface area contributed by atoms with Crippen LogP contribution in [0.4, 0.5) is 5.69 Å². The van der Waals surface area contributed by atoms with E-state index >= 15 is 0 Å². The molecule has 1 aromatic heterocycles. The van der Waals surface area contributed by atoms with E-state index in [-0.39, 0.29) is 4.90 Å². The van der Waals surface area contributed by atoms with Crippen molar-refractivity contribution in [2.24, 2.45) is 0 Å². The molecule has 0 aliphatic rings. The van der Waals surface area contributed by atoms with Crippen molar-refractivity contribution >= 4 is 27.3 Å². The van der Waals surface area contributed by atoms with Gasteiger partial charge >= 0.3 is 0 Å². The van der Waals surface area contributed by atoms with Gasteiger partial charge in [-0.25, -0.2) is 13.4 Å². The second kappa shape index (κ2) is 7.50. The van der Waals surface area contributed by atoms with Gasteiger partial charge < -0.3 is 4.42 Å². The minimum atomic E-state index is -3.76. The lowest BCUT2D eigenvalue weighted by molar-refractivity contribution is 0.575. The number of rotatable bonds is 5. The predicted octanol–water partition coefficient (Wildman–Crippen LogP) is 5.46. The van der Waals surface area contributed by atoms with E-state index in [4.69, 9.17) is 16.0 Å². The van der Waals surface area contributed by atoms with E-state index in [9.17, 15) is 8.42 Å². The Morgan fingerprint density at radius 3 is 2.39 bits per heavy atom. The minimum Gasteiger partial charge on any atom is -0.444 e. The summed E-state index contributed by atoms with van der Waals surface area (Å²) in [5, 5.41) is 0.352. The molecule has 140 valence electrons. The Kier molecular flexibility index (Phi) is 4.90. The highest BCUT2D eigenvalue weighted by atomic mass is 35.5. The monoisotopic (exact) mass is 410 g/mol. The smallest absolute Gasteiger partial charge is 0.261 e. The molecule has 28 heavy (non-hydrogen) atoms.